The number of rotatable bonds is 30. The molecule has 3 fully saturated rings. The number of nitriles is 1. The van der Waals surface area contributed by atoms with Crippen molar-refractivity contribution in [3.05, 3.63) is 277 Å². The Labute approximate surface area is 838 Å². The minimum atomic E-state index is -6.09. The second-order valence-corrected chi connectivity index (χ2v) is 48.7. The summed E-state index contributed by atoms with van der Waals surface area (Å²) in [6.07, 6.45) is 20.0. The van der Waals surface area contributed by atoms with Crippen molar-refractivity contribution in [1.82, 2.24) is 53.0 Å². The quantitative estimate of drug-likeness (QED) is 0.0105. The van der Waals surface area contributed by atoms with Crippen LogP contribution in [0.25, 0.3) is 0 Å². The molecule has 52 heteroatoms. The van der Waals surface area contributed by atoms with E-state index in [4.69, 9.17) is 38.2 Å². The molecule has 0 aliphatic carbocycles. The van der Waals surface area contributed by atoms with Gasteiger partial charge >= 0.3 is 36.1 Å². The van der Waals surface area contributed by atoms with Crippen LogP contribution >= 0.6 is 15.9 Å². The van der Waals surface area contributed by atoms with Crippen molar-refractivity contribution in [2.45, 2.75) is 129 Å². The molecule has 7 aromatic carbocycles. The van der Waals surface area contributed by atoms with Crippen molar-refractivity contribution < 1.29 is 121 Å². The van der Waals surface area contributed by atoms with Crippen molar-refractivity contribution in [2.75, 3.05) is 108 Å². The summed E-state index contributed by atoms with van der Waals surface area (Å²) < 4.78 is 311. The number of aryl methyl sites for hydroxylation is 1. The molecule has 10 aromatic rings. The first-order valence-electron chi connectivity index (χ1n) is 43.5. The van der Waals surface area contributed by atoms with Gasteiger partial charge in [0.1, 0.15) is 83.9 Å². The number of anilines is 2. The highest BCUT2D eigenvalue weighted by molar-refractivity contribution is 9.09. The van der Waals surface area contributed by atoms with Crippen LogP contribution < -0.4 is 34.1 Å². The van der Waals surface area contributed by atoms with Gasteiger partial charge in [0.2, 0.25) is 40.1 Å². The smallest absolute Gasteiger partial charge is 0.485 e. The summed E-state index contributed by atoms with van der Waals surface area (Å²) in [5.41, 5.74) is 5.01. The molecule has 3 aromatic heterocycles. The van der Waals surface area contributed by atoms with E-state index in [2.05, 4.69) is 45.1 Å². The van der Waals surface area contributed by atoms with Crippen molar-refractivity contribution >= 4 is 108 Å². The average Bonchev–Trinajstić information content (AvgIpc) is 1.40. The van der Waals surface area contributed by atoms with Crippen LogP contribution in [-0.4, -0.2) is 242 Å². The number of imidazole rings is 3. The topological polar surface area (TPSA) is 453 Å². The molecule has 3 aliphatic heterocycles. The number of alkyl halides is 4. The van der Waals surface area contributed by atoms with Gasteiger partial charge in [0.15, 0.2) is 10.1 Å². The molecular weight excluding hydrogens is 2090 g/mol. The summed E-state index contributed by atoms with van der Waals surface area (Å²) in [5, 5.41) is 11.4. The lowest BCUT2D eigenvalue weighted by Gasteiger charge is -2.31. The number of halogens is 8. The number of nitrogens with two attached hydrogens (primary N) is 1. The van der Waals surface area contributed by atoms with Crippen molar-refractivity contribution in [2.24, 2.45) is 18.9 Å². The molecule has 0 amide bonds. The minimum Gasteiger partial charge on any atom is -0.741 e. The van der Waals surface area contributed by atoms with Crippen LogP contribution in [-0.2, 0) is 120 Å². The molecule has 6 heterocycles. The molecule has 0 radical (unpaired) electrons. The van der Waals surface area contributed by atoms with E-state index in [1.165, 1.54) is 175 Å². The maximum Gasteiger partial charge on any atom is 0.485 e. The first-order chi connectivity index (χ1) is 66.2. The number of nitrogens with one attached hydrogen (secondary N) is 1. The Kier molecular flexibility index (Phi) is 49.1. The largest absolute Gasteiger partial charge is 0.741 e. The maximum atomic E-state index is 13.4. The summed E-state index contributed by atoms with van der Waals surface area (Å²) in [7, 11) is -22.0. The van der Waals surface area contributed by atoms with Crippen LogP contribution in [0.15, 0.2) is 226 Å². The number of hydrogen-bond acceptors (Lipinski definition) is 25. The lowest BCUT2D eigenvalue weighted by atomic mass is 10.1. The monoisotopic (exact) mass is 2210 g/mol. The van der Waals surface area contributed by atoms with Gasteiger partial charge in [-0.1, -0.05) is 104 Å². The Morgan fingerprint density at radius 2 is 0.817 bits per heavy atom. The normalized spacial score (nSPS) is 14.5. The first-order valence-corrected chi connectivity index (χ1v) is 57.4. The summed E-state index contributed by atoms with van der Waals surface area (Å²) in [5.74, 6) is 1.47. The van der Waals surface area contributed by atoms with Gasteiger partial charge in [0.25, 0.3) is 6.33 Å². The highest BCUT2D eigenvalue weighted by Crippen LogP contribution is 2.30. The average molecular weight is 2220 g/mol. The van der Waals surface area contributed by atoms with E-state index in [1.54, 1.807) is 133 Å². The van der Waals surface area contributed by atoms with E-state index in [0.717, 1.165) is 53.9 Å². The van der Waals surface area contributed by atoms with E-state index in [1.807, 2.05) is 33.0 Å². The molecular formula is C90H122BrF7N16O20S8. The molecule has 3 aliphatic rings. The Morgan fingerprint density at radius 3 is 1.12 bits per heavy atom. The number of ether oxygens (including phenoxy) is 3. The molecule has 13 rings (SSSR count). The van der Waals surface area contributed by atoms with Gasteiger partial charge in [-0.15, -0.1) is 3.97 Å². The Bertz CT molecular complexity index is 6490. The Hall–Kier alpha value is -10.1. The van der Waals surface area contributed by atoms with Crippen molar-refractivity contribution in [3.63, 3.8) is 0 Å². The molecule has 3 saturated heterocycles. The van der Waals surface area contributed by atoms with E-state index in [-0.39, 0.29) is 72.9 Å². The molecule has 0 saturated carbocycles. The lowest BCUT2D eigenvalue weighted by molar-refractivity contribution is -0.670. The van der Waals surface area contributed by atoms with Crippen LogP contribution in [0, 0.1) is 46.4 Å². The van der Waals surface area contributed by atoms with Crippen LogP contribution in [0.4, 0.5) is 42.1 Å². The lowest BCUT2D eigenvalue weighted by Crippen LogP contribution is -2.43. The first kappa shape index (κ1) is 122. The summed E-state index contributed by atoms with van der Waals surface area (Å²) in [4.78, 5) is 7.38. The summed E-state index contributed by atoms with van der Waals surface area (Å²) >= 11 is 3.31. The van der Waals surface area contributed by atoms with Gasteiger partial charge in [0.05, 0.1) is 43.3 Å². The second kappa shape index (κ2) is 57.0. The zero-order valence-electron chi connectivity index (χ0n) is 80.5. The number of aromatic nitrogens is 6. The SMILES string of the molecule is CC#N.CC(C)CBr.CC(C)CN(c1ccc(OC2CCN(S(C)(=O)=O)CC2)cc1)S(=O)(=O)N(C)Cc1ccc(F)cc1.CN(Cc1ccc(F)cc1)S(=O)(=O)Cc1ccc(OC2CCN(S(C)(=O)=O)CC2)cc1.CN(Cc1ccc(F)cc1)S(=O)(=O)n1ccnc1.CNCc1ccc(F)cc1.CS(=O)(=O)N1CCC(Oc2ccc(N)cc2)CC1.C[n+]1ccn(S(=O)(=O)n2ccnc2)c1.O=S(=O)([O-])C(F)(F)F. The molecule has 36 nitrogen and oxygen atoms in total. The minimum absolute atomic E-state index is 0.0746. The molecule has 142 heavy (non-hydrogen) atoms. The standard InChI is InChI=1S/C24H34FN3O5S2.C21H27FN2O5S2.C12H18N2O3S.C11H12FN3O2S.C8H10FN.C7H9N4O2S.C4H9Br.C2H3N.CHF3O3S/c1-19(2)17-28(35(31,32)26(3)18-20-5-7-21(25)8-6-20)22-9-11-23(12-10-22)33-24-13-15-27(16-14-24)34(4,29)30;1-23(15-17-3-7-19(22)8-4-17)31(27,28)16-18-5-9-20(10-6-18)29-21-11-13-24(14-12-21)30(2,25)26;1-18(15,16)14-8-6-12(7-9-14)17-11-4-2-10(13)3-5-11;1-14(8-10-2-4-11(12)5-3-10)18(16,17)15-7-6-13-9-15;1-10-6-7-2-4-8(9)5-3-7;1-9-4-5-11(7-9)14(12,13)10-3-2-8-6-10;1-4(2)3-5;1-2-3;2-1(3,4)8(5,6)7/h5-12,19,24H,13-18H2,1-4H3;3-10,21H,11-16H2,1-2H3;2-5,12H,6-9,13H2,1H3;2-7,9H,8H2,1H3;2-5,10H,6H2,1H3;2-7H,1H3;4H,3H2,1-2H3;1H3;(H,5,6,7)/q;;;;;+1;;;/p-1. The molecule has 0 bridgehead atoms. The fraction of sp³-hybridized carbons (Fsp3) is 0.422. The van der Waals surface area contributed by atoms with Crippen LogP contribution in [0.3, 0.4) is 0 Å². The number of sulfonamides is 4. The highest BCUT2D eigenvalue weighted by atomic mass is 79.9. The van der Waals surface area contributed by atoms with E-state index in [0.29, 0.717) is 117 Å². The van der Waals surface area contributed by atoms with Gasteiger partial charge in [-0.05, 0) is 194 Å². The fourth-order valence-electron chi connectivity index (χ4n) is 12.7. The maximum absolute atomic E-state index is 13.4. The molecule has 0 atom stereocenters. The van der Waals surface area contributed by atoms with Crippen molar-refractivity contribution in [1.29, 1.82) is 5.26 Å². The zero-order valence-corrected chi connectivity index (χ0v) is 88.6. The molecule has 0 unspecified atom stereocenters. The predicted octanol–water partition coefficient (Wildman–Crippen LogP) is 11.7. The molecule has 0 spiro atoms. The molecule has 3 N–H and O–H groups in total. The van der Waals surface area contributed by atoms with E-state index >= 15 is 0 Å². The van der Waals surface area contributed by atoms with Gasteiger partial charge in [0, 0.05) is 136 Å². The summed E-state index contributed by atoms with van der Waals surface area (Å²) in [6, 6.07) is 46.5. The third-order valence-electron chi connectivity index (χ3n) is 20.2. The number of nitrogens with zero attached hydrogens (tertiary/aromatic N) is 14. The number of hydrogen-bond donors (Lipinski definition) is 2. The number of piperidine rings is 3. The van der Waals surface area contributed by atoms with E-state index < -0.39 is 86.3 Å². The third kappa shape index (κ3) is 43.1. The van der Waals surface area contributed by atoms with Gasteiger partial charge < -0.3 is 29.8 Å². The van der Waals surface area contributed by atoms with Crippen molar-refractivity contribution in [3.8, 4) is 23.3 Å². The van der Waals surface area contributed by atoms with Crippen LogP contribution in [0.1, 0.15) is 101 Å². The van der Waals surface area contributed by atoms with Crippen LogP contribution in [0.5, 0.6) is 17.2 Å². The fourth-order valence-corrected chi connectivity index (χ4v) is 20.1. The third-order valence-corrected chi connectivity index (χ3v) is 32.8. The van der Waals surface area contributed by atoms with Crippen LogP contribution in [0.2, 0.25) is 0 Å². The highest BCUT2D eigenvalue weighted by Gasteiger charge is 2.37. The molecule has 786 valence electrons. The second-order valence-electron chi connectivity index (χ2n) is 33.0. The van der Waals surface area contributed by atoms with Gasteiger partial charge in [-0.3, -0.25) is 4.31 Å². The number of nitrogen functional groups attached to an aromatic ring is 1. The number of benzene rings is 7. The van der Waals surface area contributed by atoms with Gasteiger partial charge in [-0.25, -0.2) is 95.4 Å². The summed E-state index contributed by atoms with van der Waals surface area (Å²) in [6.45, 7) is 14.0. The Balaban J connectivity index is 0.000000301. The Morgan fingerprint density at radius 1 is 0.500 bits per heavy atom. The van der Waals surface area contributed by atoms with E-state index in [9.17, 15) is 89.7 Å². The van der Waals surface area contributed by atoms with Gasteiger partial charge in [-0.2, -0.15) is 56.3 Å². The predicted molar refractivity (Wildman–Crippen MR) is 530 cm³/mol. The zero-order chi connectivity index (χ0) is 106.